The van der Waals surface area contributed by atoms with Crippen LogP contribution in [0, 0.1) is 0 Å². The van der Waals surface area contributed by atoms with Gasteiger partial charge in [0.2, 0.25) is 5.91 Å². The van der Waals surface area contributed by atoms with Crippen molar-refractivity contribution in [1.82, 2.24) is 14.8 Å². The molecule has 4 rings (SSSR count). The summed E-state index contributed by atoms with van der Waals surface area (Å²) in [6.07, 6.45) is 0. The van der Waals surface area contributed by atoms with E-state index in [1.54, 1.807) is 44.1 Å². The monoisotopic (exact) mass is 512 g/mol. The summed E-state index contributed by atoms with van der Waals surface area (Å²) in [5.41, 5.74) is 4.77. The molecule has 0 unspecified atom stereocenters. The van der Waals surface area contributed by atoms with Crippen molar-refractivity contribution in [2.24, 2.45) is 4.99 Å². The summed E-state index contributed by atoms with van der Waals surface area (Å²) >= 11 is 0. The van der Waals surface area contributed by atoms with Crippen molar-refractivity contribution < 1.29 is 19.4 Å². The first-order chi connectivity index (χ1) is 18.3. The third-order valence-corrected chi connectivity index (χ3v) is 6.11. The summed E-state index contributed by atoms with van der Waals surface area (Å²) in [7, 11) is 5.41. The molecule has 38 heavy (non-hydrogen) atoms. The number of rotatable bonds is 9. The van der Waals surface area contributed by atoms with E-state index in [1.165, 1.54) is 0 Å². The number of nitrogens with zero attached hydrogens (tertiary/aromatic N) is 3. The number of aliphatic imine (C=N–C) groups is 1. The molecule has 0 aliphatic rings. The van der Waals surface area contributed by atoms with Crippen LogP contribution in [0.25, 0.3) is 10.9 Å². The Labute approximate surface area is 222 Å². The predicted molar refractivity (Wildman–Crippen MR) is 149 cm³/mol. The topological polar surface area (TPSA) is 98.2 Å². The summed E-state index contributed by atoms with van der Waals surface area (Å²) in [5.74, 6) is -0.402. The number of aromatic amines is 1. The molecule has 4 aromatic rings. The fraction of sp³-hybridized carbons (Fsp3) is 0.233. The number of aromatic hydroxyl groups is 1. The molecule has 1 heterocycles. The number of ether oxygens (including phenoxy) is 1. The van der Waals surface area contributed by atoms with Crippen molar-refractivity contribution >= 4 is 34.2 Å². The Morgan fingerprint density at radius 1 is 0.947 bits per heavy atom. The number of carbonyl (C=O) groups excluding carboxylic acids is 2. The number of carbonyl (C=O) groups is 2. The van der Waals surface area contributed by atoms with E-state index < -0.39 is 5.97 Å². The fourth-order valence-electron chi connectivity index (χ4n) is 4.17. The number of amides is 1. The molecular weight excluding hydrogens is 480 g/mol. The van der Waals surface area contributed by atoms with Gasteiger partial charge in [0.05, 0.1) is 35.7 Å². The van der Waals surface area contributed by atoms with Gasteiger partial charge in [0, 0.05) is 37.1 Å². The standard InChI is InChI=1S/C30H32N4O4/c1-5-38-30(37)22-13-16-24-25(17-22)32-29(36)27(24)28(21-9-7-6-8-10-21)31-23-14-11-20(12-15-23)18-34(4)19-26(35)33(2)3/h6-17,32,36H,5,18-19H2,1-4H3. The van der Waals surface area contributed by atoms with E-state index >= 15 is 0 Å². The lowest BCUT2D eigenvalue weighted by atomic mass is 10.00. The molecule has 0 fully saturated rings. The minimum absolute atomic E-state index is 0.0348. The van der Waals surface area contributed by atoms with Crippen molar-refractivity contribution in [3.63, 3.8) is 0 Å². The normalized spacial score (nSPS) is 11.7. The lowest BCUT2D eigenvalue weighted by Crippen LogP contribution is -2.34. The summed E-state index contributed by atoms with van der Waals surface area (Å²) in [5, 5.41) is 11.7. The second-order valence-corrected chi connectivity index (χ2v) is 9.28. The molecule has 0 saturated carbocycles. The Bertz CT molecular complexity index is 1460. The molecular formula is C30H32N4O4. The lowest BCUT2D eigenvalue weighted by Gasteiger charge is -2.19. The summed E-state index contributed by atoms with van der Waals surface area (Å²) in [4.78, 5) is 35.7. The number of hydrogen-bond acceptors (Lipinski definition) is 6. The number of likely N-dealkylation sites (N-methyl/N-ethyl adjacent to an activating group) is 2. The number of aromatic nitrogens is 1. The number of fused-ring (bicyclic) bond motifs is 1. The van der Waals surface area contributed by atoms with Crippen molar-refractivity contribution in [3.05, 3.63) is 95.1 Å². The third kappa shape index (κ3) is 6.10. The maximum atomic E-state index is 12.2. The van der Waals surface area contributed by atoms with Gasteiger partial charge in [0.15, 0.2) is 5.88 Å². The summed E-state index contributed by atoms with van der Waals surface area (Å²) in [6.45, 7) is 3.00. The maximum absolute atomic E-state index is 12.2. The summed E-state index contributed by atoms with van der Waals surface area (Å²) < 4.78 is 5.11. The highest BCUT2D eigenvalue weighted by molar-refractivity contribution is 6.22. The molecule has 8 heteroatoms. The Balaban J connectivity index is 1.69. The molecule has 1 aromatic heterocycles. The first-order valence-corrected chi connectivity index (χ1v) is 12.4. The highest BCUT2D eigenvalue weighted by Crippen LogP contribution is 2.32. The Kier molecular flexibility index (Phi) is 8.23. The zero-order valence-electron chi connectivity index (χ0n) is 22.1. The van der Waals surface area contributed by atoms with Crippen LogP contribution in [0.1, 0.15) is 34.0 Å². The van der Waals surface area contributed by atoms with Crippen LogP contribution in [0.2, 0.25) is 0 Å². The van der Waals surface area contributed by atoms with E-state index in [1.807, 2.05) is 66.5 Å². The number of nitrogens with one attached hydrogen (secondary N) is 1. The minimum atomic E-state index is -0.418. The molecule has 0 aliphatic heterocycles. The fourth-order valence-corrected chi connectivity index (χ4v) is 4.17. The van der Waals surface area contributed by atoms with Gasteiger partial charge in [-0.2, -0.15) is 0 Å². The highest BCUT2D eigenvalue weighted by Gasteiger charge is 2.20. The van der Waals surface area contributed by atoms with Crippen molar-refractivity contribution in [2.45, 2.75) is 13.5 Å². The maximum Gasteiger partial charge on any atom is 0.338 e. The molecule has 3 aromatic carbocycles. The van der Waals surface area contributed by atoms with E-state index in [0.29, 0.717) is 35.4 Å². The van der Waals surface area contributed by atoms with Crippen LogP contribution < -0.4 is 0 Å². The molecule has 0 saturated heterocycles. The van der Waals surface area contributed by atoms with Gasteiger partial charge in [-0.05, 0) is 43.8 Å². The van der Waals surface area contributed by atoms with Crippen LogP contribution in [-0.4, -0.2) is 71.8 Å². The number of benzene rings is 3. The van der Waals surface area contributed by atoms with Crippen molar-refractivity contribution in [1.29, 1.82) is 0 Å². The molecule has 0 bridgehead atoms. The number of hydrogen-bond donors (Lipinski definition) is 2. The number of H-pyrrole nitrogens is 1. The first kappa shape index (κ1) is 26.6. The van der Waals surface area contributed by atoms with Gasteiger partial charge in [0.25, 0.3) is 0 Å². The van der Waals surface area contributed by atoms with Crippen LogP contribution >= 0.6 is 0 Å². The van der Waals surface area contributed by atoms with Gasteiger partial charge in [-0.1, -0.05) is 48.5 Å². The highest BCUT2D eigenvalue weighted by atomic mass is 16.5. The van der Waals surface area contributed by atoms with Crippen molar-refractivity contribution in [3.8, 4) is 5.88 Å². The Morgan fingerprint density at radius 3 is 2.32 bits per heavy atom. The minimum Gasteiger partial charge on any atom is -0.494 e. The van der Waals surface area contributed by atoms with Crippen molar-refractivity contribution in [2.75, 3.05) is 34.3 Å². The van der Waals surface area contributed by atoms with Gasteiger partial charge in [0.1, 0.15) is 0 Å². The SMILES string of the molecule is CCOC(=O)c1ccc2c(C(=Nc3ccc(CN(C)CC(=O)N(C)C)cc3)c3ccccc3)c(O)[nH]c2c1. The number of esters is 1. The van der Waals surface area contributed by atoms with Gasteiger partial charge in [-0.25, -0.2) is 9.79 Å². The zero-order chi connectivity index (χ0) is 27.2. The first-order valence-electron chi connectivity index (χ1n) is 12.4. The van der Waals surface area contributed by atoms with E-state index in [4.69, 9.17) is 9.73 Å². The Hall–Kier alpha value is -4.43. The van der Waals surface area contributed by atoms with Gasteiger partial charge in [-0.15, -0.1) is 0 Å². The van der Waals surface area contributed by atoms with Crippen LogP contribution in [0.4, 0.5) is 5.69 Å². The van der Waals surface area contributed by atoms with Crippen LogP contribution in [-0.2, 0) is 16.1 Å². The van der Waals surface area contributed by atoms with E-state index in [-0.39, 0.29) is 18.4 Å². The Morgan fingerprint density at radius 2 is 1.66 bits per heavy atom. The largest absolute Gasteiger partial charge is 0.494 e. The second-order valence-electron chi connectivity index (χ2n) is 9.28. The van der Waals surface area contributed by atoms with Gasteiger partial charge in [-0.3, -0.25) is 9.69 Å². The van der Waals surface area contributed by atoms with Crippen LogP contribution in [0.15, 0.2) is 77.8 Å². The van der Waals surface area contributed by atoms with Gasteiger partial charge >= 0.3 is 5.97 Å². The molecule has 1 amide bonds. The predicted octanol–water partition coefficient (Wildman–Crippen LogP) is 4.74. The van der Waals surface area contributed by atoms with Gasteiger partial charge < -0.3 is 19.7 Å². The molecule has 2 N–H and O–H groups in total. The molecule has 196 valence electrons. The molecule has 0 radical (unpaired) electrons. The summed E-state index contributed by atoms with van der Waals surface area (Å²) in [6, 6.07) is 22.6. The molecule has 8 nitrogen and oxygen atoms in total. The van der Waals surface area contributed by atoms with Crippen LogP contribution in [0.5, 0.6) is 5.88 Å². The second kappa shape index (κ2) is 11.7. The molecule has 0 aliphatic carbocycles. The van der Waals surface area contributed by atoms with E-state index in [2.05, 4.69) is 4.98 Å². The van der Waals surface area contributed by atoms with E-state index in [0.717, 1.165) is 22.2 Å². The zero-order valence-corrected chi connectivity index (χ0v) is 22.1. The average Bonchev–Trinajstić information content (AvgIpc) is 3.23. The third-order valence-electron chi connectivity index (χ3n) is 6.11. The van der Waals surface area contributed by atoms with Crippen LogP contribution in [0.3, 0.4) is 0 Å². The smallest absolute Gasteiger partial charge is 0.338 e. The molecule has 0 spiro atoms. The molecule has 0 atom stereocenters. The average molecular weight is 513 g/mol. The van der Waals surface area contributed by atoms with E-state index in [9.17, 15) is 14.7 Å². The quantitative estimate of drug-likeness (QED) is 0.249. The lowest BCUT2D eigenvalue weighted by molar-refractivity contribution is -0.129.